The van der Waals surface area contributed by atoms with Crippen molar-refractivity contribution in [2.75, 3.05) is 32.3 Å². The van der Waals surface area contributed by atoms with Gasteiger partial charge in [-0.3, -0.25) is 30.1 Å². The molecule has 2 aromatic rings. The summed E-state index contributed by atoms with van der Waals surface area (Å²) in [6, 6.07) is 3.03. The largest absolute Gasteiger partial charge is 0.502 e. The minimum absolute atomic E-state index is 0.0805. The molecule has 1 spiro atoms. The van der Waals surface area contributed by atoms with Gasteiger partial charge in [-0.1, -0.05) is 24.8 Å². The van der Waals surface area contributed by atoms with Gasteiger partial charge < -0.3 is 14.7 Å². The number of ether oxygens (including phenoxy) is 1. The molecule has 2 aliphatic rings. The molecular weight excluding hydrogens is 516 g/mol. The fourth-order valence-electron chi connectivity index (χ4n) is 5.74. The van der Waals surface area contributed by atoms with Gasteiger partial charge in [-0.25, -0.2) is 8.78 Å². The second-order valence-electron chi connectivity index (χ2n) is 9.53. The van der Waals surface area contributed by atoms with Gasteiger partial charge in [0.1, 0.15) is 22.3 Å². The molecule has 0 bridgehead atoms. The average molecular weight is 548 g/mol. The molecule has 1 aromatic carbocycles. The van der Waals surface area contributed by atoms with Crippen molar-refractivity contribution in [2.45, 2.75) is 44.7 Å². The molecule has 0 radical (unpaired) electrons. The fourth-order valence-corrected chi connectivity index (χ4v) is 6.47. The number of aromatic nitrogens is 1. The molecule has 1 amide bonds. The number of nitrogens with zero attached hydrogens (tertiary/aromatic N) is 3. The molecule has 1 saturated carbocycles. The maximum absolute atomic E-state index is 14.0. The summed E-state index contributed by atoms with van der Waals surface area (Å²) >= 11 is 0.628. The van der Waals surface area contributed by atoms with Gasteiger partial charge in [-0.2, -0.15) is 0 Å². The van der Waals surface area contributed by atoms with Gasteiger partial charge in [0, 0.05) is 45.3 Å². The van der Waals surface area contributed by atoms with E-state index < -0.39 is 34.4 Å². The Morgan fingerprint density at radius 2 is 2.03 bits per heavy atom. The van der Waals surface area contributed by atoms with Gasteiger partial charge in [0.2, 0.25) is 5.43 Å². The van der Waals surface area contributed by atoms with E-state index >= 15 is 0 Å². The Morgan fingerprint density at radius 3 is 2.68 bits per heavy atom. The number of methoxy groups -OCH3 is 1. The van der Waals surface area contributed by atoms with Crippen LogP contribution in [0.2, 0.25) is 0 Å². The number of aromatic hydroxyl groups is 1. The van der Waals surface area contributed by atoms with Gasteiger partial charge >= 0.3 is 0 Å². The molecule has 1 aliphatic carbocycles. The maximum Gasteiger partial charge on any atom is 0.278 e. The van der Waals surface area contributed by atoms with Crippen LogP contribution >= 0.6 is 11.8 Å². The van der Waals surface area contributed by atoms with Crippen LogP contribution in [0.25, 0.3) is 0 Å². The van der Waals surface area contributed by atoms with Crippen LogP contribution in [0.3, 0.4) is 0 Å². The van der Waals surface area contributed by atoms with E-state index in [4.69, 9.17) is 15.6 Å². The molecule has 204 valence electrons. The van der Waals surface area contributed by atoms with Crippen molar-refractivity contribution < 1.29 is 23.4 Å². The molecule has 1 aromatic heterocycles. The van der Waals surface area contributed by atoms with Gasteiger partial charge in [-0.05, 0) is 37.3 Å². The Kier molecular flexibility index (Phi) is 7.93. The predicted octanol–water partition coefficient (Wildman–Crippen LogP) is 3.69. The van der Waals surface area contributed by atoms with E-state index in [1.165, 1.54) is 16.9 Å². The first-order chi connectivity index (χ1) is 18.1. The number of benzene rings is 1. The molecule has 38 heavy (non-hydrogen) atoms. The van der Waals surface area contributed by atoms with E-state index in [1.807, 2.05) is 5.01 Å². The highest BCUT2D eigenvalue weighted by Gasteiger charge is 2.55. The van der Waals surface area contributed by atoms with Crippen molar-refractivity contribution in [1.82, 2.24) is 9.58 Å². The van der Waals surface area contributed by atoms with Crippen molar-refractivity contribution in [2.24, 2.45) is 5.92 Å². The van der Waals surface area contributed by atoms with Crippen LogP contribution in [0.1, 0.15) is 54.2 Å². The molecular formula is C26H31F2N5O4S. The summed E-state index contributed by atoms with van der Waals surface area (Å²) in [7, 11) is 3.35. The third-order valence-electron chi connectivity index (χ3n) is 7.56. The Bertz CT molecular complexity index is 1350. The fraction of sp³-hybridized carbons (Fsp3) is 0.462. The van der Waals surface area contributed by atoms with E-state index in [2.05, 4.69) is 6.92 Å². The summed E-state index contributed by atoms with van der Waals surface area (Å²) in [5.74, 6) is -2.66. The molecule has 9 nitrogen and oxygen atoms in total. The molecule has 4 rings (SSSR count). The molecule has 1 aliphatic heterocycles. The predicted molar refractivity (Wildman–Crippen MR) is 142 cm³/mol. The third-order valence-corrected chi connectivity index (χ3v) is 8.38. The zero-order chi connectivity index (χ0) is 27.8. The summed E-state index contributed by atoms with van der Waals surface area (Å²) < 4.78 is 33.9. The van der Waals surface area contributed by atoms with Crippen LogP contribution in [0.5, 0.6) is 5.75 Å². The van der Waals surface area contributed by atoms with E-state index in [0.717, 1.165) is 31.4 Å². The van der Waals surface area contributed by atoms with Crippen molar-refractivity contribution in [1.29, 1.82) is 10.8 Å². The highest BCUT2D eigenvalue weighted by molar-refractivity contribution is 8.26. The standard InChI is InChI=1S/C26H31F2N5O4S/c1-4-16-6-5-9-26(16)31(2)33-14-18(22(34)23(35)21(33)25(36)32(26)10-11-37-3)24(30)38-20(29)12-15-7-8-17(27)13-19(15)28/h7-8,13-14,16,29-30,35H,4-6,9-12H2,1-3H3/t16-,26?/m1/s1. The lowest BCUT2D eigenvalue weighted by atomic mass is 9.89. The lowest BCUT2D eigenvalue weighted by Gasteiger charge is -2.55. The first-order valence-electron chi connectivity index (χ1n) is 12.4. The van der Waals surface area contributed by atoms with E-state index in [9.17, 15) is 23.5 Å². The Balaban J connectivity index is 1.71. The number of hydrogen-bond donors (Lipinski definition) is 3. The van der Waals surface area contributed by atoms with Gasteiger partial charge in [-0.15, -0.1) is 0 Å². The average Bonchev–Trinajstić information content (AvgIpc) is 3.30. The van der Waals surface area contributed by atoms with Crippen molar-refractivity contribution in [3.63, 3.8) is 0 Å². The van der Waals surface area contributed by atoms with Crippen molar-refractivity contribution in [3.05, 3.63) is 63.1 Å². The van der Waals surface area contributed by atoms with Gasteiger partial charge in [0.25, 0.3) is 5.91 Å². The molecule has 2 atom stereocenters. The summed E-state index contributed by atoms with van der Waals surface area (Å²) in [5.41, 5.74) is -1.90. The van der Waals surface area contributed by atoms with Crippen molar-refractivity contribution in [3.8, 4) is 5.75 Å². The second kappa shape index (κ2) is 10.9. The first-order valence-corrected chi connectivity index (χ1v) is 13.2. The molecule has 1 unspecified atom stereocenters. The lowest BCUT2D eigenvalue weighted by Crippen LogP contribution is -2.71. The third kappa shape index (κ3) is 4.60. The first kappa shape index (κ1) is 27.8. The van der Waals surface area contributed by atoms with Crippen LogP contribution in [-0.4, -0.2) is 63.6 Å². The quantitative estimate of drug-likeness (QED) is 0.359. The monoisotopic (exact) mass is 547 g/mol. The lowest BCUT2D eigenvalue weighted by molar-refractivity contribution is 0.000836. The maximum atomic E-state index is 14.0. The molecule has 2 heterocycles. The minimum atomic E-state index is -0.905. The Morgan fingerprint density at radius 1 is 1.29 bits per heavy atom. The number of halogens is 2. The van der Waals surface area contributed by atoms with Crippen LogP contribution < -0.4 is 10.4 Å². The number of hydrogen-bond acceptors (Lipinski definition) is 8. The summed E-state index contributed by atoms with van der Waals surface area (Å²) in [6.07, 6.45) is 4.48. The second-order valence-corrected chi connectivity index (χ2v) is 10.6. The summed E-state index contributed by atoms with van der Waals surface area (Å²) in [5, 5.41) is 29.0. The number of pyridine rings is 1. The highest BCUT2D eigenvalue weighted by Crippen LogP contribution is 2.46. The number of carbonyl (C=O) groups excluding carboxylic acids is 1. The van der Waals surface area contributed by atoms with Gasteiger partial charge in [0.05, 0.1) is 17.2 Å². The molecule has 12 heteroatoms. The zero-order valence-corrected chi connectivity index (χ0v) is 22.3. The topological polar surface area (TPSA) is 123 Å². The van der Waals surface area contributed by atoms with Gasteiger partial charge in [0.15, 0.2) is 11.4 Å². The number of fused-ring (bicyclic) bond motifs is 1. The number of amides is 1. The number of thioether (sulfide) groups is 1. The van der Waals surface area contributed by atoms with E-state index in [1.54, 1.807) is 19.1 Å². The Labute approximate surface area is 223 Å². The van der Waals surface area contributed by atoms with Crippen molar-refractivity contribution >= 4 is 27.8 Å². The van der Waals surface area contributed by atoms with Crippen LogP contribution in [0.4, 0.5) is 8.78 Å². The van der Waals surface area contributed by atoms with Crippen LogP contribution in [0.15, 0.2) is 29.2 Å². The molecule has 0 saturated heterocycles. The number of nitrogens with one attached hydrogen (secondary N) is 2. The van der Waals surface area contributed by atoms with E-state index in [0.29, 0.717) is 24.8 Å². The zero-order valence-electron chi connectivity index (χ0n) is 21.5. The highest BCUT2D eigenvalue weighted by atomic mass is 32.2. The number of rotatable bonds is 7. The smallest absolute Gasteiger partial charge is 0.278 e. The van der Waals surface area contributed by atoms with E-state index in [-0.39, 0.29) is 45.8 Å². The van der Waals surface area contributed by atoms with Crippen LogP contribution in [-0.2, 0) is 11.2 Å². The Hall–Kier alpha value is -3.25. The van der Waals surface area contributed by atoms with Crippen LogP contribution in [0, 0.1) is 28.4 Å². The normalized spacial score (nSPS) is 20.8. The summed E-state index contributed by atoms with van der Waals surface area (Å²) in [4.78, 5) is 28.6. The summed E-state index contributed by atoms with van der Waals surface area (Å²) in [6.45, 7) is 2.64. The SMILES string of the molecule is CC[C@@H]1CCCC12N(CCOC)C(=O)c1c(O)c(=O)c(C(=N)SC(=N)Cc3ccc(F)cc3F)cn1N2C. The minimum Gasteiger partial charge on any atom is -0.502 e. The molecule has 1 fully saturated rings. The molecule has 3 N–H and O–H groups in total. The number of carbonyl (C=O) groups is 1.